The van der Waals surface area contributed by atoms with E-state index in [0.717, 1.165) is 99.5 Å². The number of hydrogen-bond acceptors (Lipinski definition) is 0. The van der Waals surface area contributed by atoms with Crippen LogP contribution in [0.5, 0.6) is 0 Å². The molecule has 0 aliphatic rings. The van der Waals surface area contributed by atoms with Crippen molar-refractivity contribution in [3.63, 3.8) is 0 Å². The van der Waals surface area contributed by atoms with Crippen molar-refractivity contribution in [3.05, 3.63) is 224 Å². The Kier molecular flexibility index (Phi) is 9.31. The number of rotatable bonds is 7. The molecule has 6 radical (unpaired) electrons. The third-order valence-corrected chi connectivity index (χ3v) is 13.1. The summed E-state index contributed by atoms with van der Waals surface area (Å²) in [5.74, 6) is 0. The molecule has 2 nitrogen and oxygen atoms in total. The molecule has 0 unspecified atom stereocenters. The third-order valence-electron chi connectivity index (χ3n) is 13.1. The van der Waals surface area contributed by atoms with Gasteiger partial charge in [-0.05, 0) is 104 Å². The molecule has 2 heterocycles. The Labute approximate surface area is 382 Å². The van der Waals surface area contributed by atoms with E-state index in [-0.39, 0.29) is 0 Å². The standard InChI is InChI=1S/C60H37B3N2/c61-57-54(43-32-35-52-50(37-43)48-26-12-13-28-51(48)64(52)44-33-30-40(31-34-44)38-16-4-1-5-17-38)58(62)59(63)60-56(57)55-49(47-25-11-10-24-46(47)41-20-8-3-9-21-41)27-15-29-53(55)65(60)45-23-14-22-42(36-45)39-18-6-2-7-19-39/h1-37H. The second-order valence-corrected chi connectivity index (χ2v) is 16.7. The topological polar surface area (TPSA) is 9.86 Å². The fourth-order valence-electron chi connectivity index (χ4n) is 10.1. The maximum atomic E-state index is 7.66. The monoisotopic (exact) mass is 818 g/mol. The van der Waals surface area contributed by atoms with Crippen molar-refractivity contribution < 1.29 is 0 Å². The molecule has 296 valence electrons. The van der Waals surface area contributed by atoms with Crippen LogP contribution in [0.4, 0.5) is 0 Å². The first-order chi connectivity index (χ1) is 32.0. The van der Waals surface area contributed by atoms with Gasteiger partial charge < -0.3 is 9.13 Å². The zero-order valence-corrected chi connectivity index (χ0v) is 35.5. The molecule has 0 atom stereocenters. The van der Waals surface area contributed by atoms with E-state index in [1.807, 2.05) is 12.1 Å². The molecule has 2 aromatic heterocycles. The maximum Gasteiger partial charge on any atom is 0.115 e. The summed E-state index contributed by atoms with van der Waals surface area (Å²) in [6, 6.07) is 79.1. The van der Waals surface area contributed by atoms with Crippen LogP contribution >= 0.6 is 0 Å². The molecule has 0 aliphatic carbocycles. The van der Waals surface area contributed by atoms with Crippen molar-refractivity contribution in [3.8, 4) is 67.0 Å². The number of aromatic nitrogens is 2. The molecule has 0 fully saturated rings. The minimum Gasteiger partial charge on any atom is -0.310 e. The SMILES string of the molecule is [B]c1c(-c2ccc3c(c2)c2ccccc2n3-c2ccc(-c3ccccc3)cc2)c([B])c2c3c(-c4ccccc4-c4ccccc4)cccc3n(-c3cccc(-c4ccccc4)c3)c2c1[B]. The molecule has 65 heavy (non-hydrogen) atoms. The van der Waals surface area contributed by atoms with Gasteiger partial charge in [-0.25, -0.2) is 0 Å². The Bertz CT molecular complexity index is 3780. The first-order valence-electron chi connectivity index (χ1n) is 22.0. The normalized spacial score (nSPS) is 11.6. The van der Waals surface area contributed by atoms with Gasteiger partial charge in [0.2, 0.25) is 0 Å². The van der Waals surface area contributed by atoms with Crippen molar-refractivity contribution in [2.75, 3.05) is 0 Å². The van der Waals surface area contributed by atoms with Gasteiger partial charge in [-0.1, -0.05) is 192 Å². The molecule has 0 spiro atoms. The molecule has 0 saturated heterocycles. The molecule has 0 aliphatic heterocycles. The average molecular weight is 818 g/mol. The molecule has 10 aromatic carbocycles. The van der Waals surface area contributed by atoms with Gasteiger partial charge in [0, 0.05) is 38.4 Å². The van der Waals surface area contributed by atoms with Crippen molar-refractivity contribution in [2.24, 2.45) is 0 Å². The lowest BCUT2D eigenvalue weighted by molar-refractivity contribution is 1.18. The molecule has 0 amide bonds. The number of hydrogen-bond donors (Lipinski definition) is 0. The molecule has 0 saturated carbocycles. The lowest BCUT2D eigenvalue weighted by Crippen LogP contribution is -2.35. The zero-order chi connectivity index (χ0) is 43.6. The maximum absolute atomic E-state index is 7.66. The lowest BCUT2D eigenvalue weighted by Gasteiger charge is -2.19. The molecule has 12 rings (SSSR count). The van der Waals surface area contributed by atoms with E-state index in [1.165, 1.54) is 11.1 Å². The van der Waals surface area contributed by atoms with Crippen LogP contribution in [0.3, 0.4) is 0 Å². The van der Waals surface area contributed by atoms with Gasteiger partial charge in [0.1, 0.15) is 23.5 Å². The summed E-state index contributed by atoms with van der Waals surface area (Å²) in [5, 5.41) is 4.11. The fraction of sp³-hybridized carbons (Fsp3) is 0. The third kappa shape index (κ3) is 6.30. The minimum absolute atomic E-state index is 0.448. The van der Waals surface area contributed by atoms with Gasteiger partial charge in [-0.3, -0.25) is 0 Å². The Morgan fingerprint density at radius 3 is 1.55 bits per heavy atom. The van der Waals surface area contributed by atoms with Gasteiger partial charge in [0.05, 0.1) is 16.6 Å². The Hall–Kier alpha value is -8.01. The van der Waals surface area contributed by atoms with E-state index in [1.54, 1.807) is 0 Å². The van der Waals surface area contributed by atoms with Crippen LogP contribution in [0, 0.1) is 0 Å². The van der Waals surface area contributed by atoms with Crippen molar-refractivity contribution in [1.29, 1.82) is 0 Å². The summed E-state index contributed by atoms with van der Waals surface area (Å²) in [7, 11) is 22.4. The predicted octanol–water partition coefficient (Wildman–Crippen LogP) is 12.6. The minimum atomic E-state index is 0.448. The van der Waals surface area contributed by atoms with Crippen LogP contribution in [0.2, 0.25) is 0 Å². The fourth-order valence-corrected chi connectivity index (χ4v) is 10.1. The van der Waals surface area contributed by atoms with Crippen LogP contribution in [0.15, 0.2) is 224 Å². The molecular weight excluding hydrogens is 781 g/mol. The summed E-state index contributed by atoms with van der Waals surface area (Å²) in [4.78, 5) is 0. The summed E-state index contributed by atoms with van der Waals surface area (Å²) in [5.41, 5.74) is 18.2. The number of fused-ring (bicyclic) bond motifs is 6. The van der Waals surface area contributed by atoms with Gasteiger partial charge in [-0.2, -0.15) is 0 Å². The van der Waals surface area contributed by atoms with E-state index < -0.39 is 0 Å². The summed E-state index contributed by atoms with van der Waals surface area (Å²) in [6.07, 6.45) is 0. The first kappa shape index (κ1) is 38.7. The summed E-state index contributed by atoms with van der Waals surface area (Å²) in [6.45, 7) is 0. The molecule has 12 aromatic rings. The van der Waals surface area contributed by atoms with E-state index >= 15 is 0 Å². The van der Waals surface area contributed by atoms with Crippen molar-refractivity contribution in [1.82, 2.24) is 9.13 Å². The Balaban J connectivity index is 1.12. The number of benzene rings is 10. The van der Waals surface area contributed by atoms with Crippen molar-refractivity contribution >= 4 is 83.5 Å². The van der Waals surface area contributed by atoms with Gasteiger partial charge >= 0.3 is 0 Å². The second-order valence-electron chi connectivity index (χ2n) is 16.7. The molecule has 0 N–H and O–H groups in total. The van der Waals surface area contributed by atoms with Gasteiger partial charge in [0.15, 0.2) is 0 Å². The predicted molar refractivity (Wildman–Crippen MR) is 278 cm³/mol. The lowest BCUT2D eigenvalue weighted by atomic mass is 9.69. The van der Waals surface area contributed by atoms with Crippen LogP contribution in [0.1, 0.15) is 0 Å². The van der Waals surface area contributed by atoms with Gasteiger partial charge in [-0.15, -0.1) is 0 Å². The highest BCUT2D eigenvalue weighted by molar-refractivity contribution is 6.60. The van der Waals surface area contributed by atoms with Gasteiger partial charge in [0.25, 0.3) is 0 Å². The van der Waals surface area contributed by atoms with E-state index in [2.05, 4.69) is 221 Å². The quantitative estimate of drug-likeness (QED) is 0.142. The van der Waals surface area contributed by atoms with E-state index in [4.69, 9.17) is 23.5 Å². The van der Waals surface area contributed by atoms with Crippen molar-refractivity contribution in [2.45, 2.75) is 0 Å². The molecule has 5 heteroatoms. The summed E-state index contributed by atoms with van der Waals surface area (Å²) < 4.78 is 4.58. The smallest absolute Gasteiger partial charge is 0.115 e. The second kappa shape index (κ2) is 15.7. The highest BCUT2D eigenvalue weighted by Crippen LogP contribution is 2.42. The Morgan fingerprint density at radius 1 is 0.277 bits per heavy atom. The Morgan fingerprint density at radius 2 is 0.815 bits per heavy atom. The highest BCUT2D eigenvalue weighted by Gasteiger charge is 2.25. The number of para-hydroxylation sites is 1. The van der Waals surface area contributed by atoms with Crippen LogP contribution in [0.25, 0.3) is 111 Å². The molecule has 0 bridgehead atoms. The average Bonchev–Trinajstić information content (AvgIpc) is 3.90. The zero-order valence-electron chi connectivity index (χ0n) is 35.5. The number of nitrogens with zero attached hydrogens (tertiary/aromatic N) is 2. The van der Waals surface area contributed by atoms with E-state index in [0.29, 0.717) is 16.4 Å². The largest absolute Gasteiger partial charge is 0.310 e. The van der Waals surface area contributed by atoms with E-state index in [9.17, 15) is 0 Å². The van der Waals surface area contributed by atoms with Crippen LogP contribution < -0.4 is 16.4 Å². The highest BCUT2D eigenvalue weighted by atomic mass is 15.0. The molecular formula is C60H37B3N2. The summed E-state index contributed by atoms with van der Waals surface area (Å²) >= 11 is 0. The first-order valence-corrected chi connectivity index (χ1v) is 22.0. The van der Waals surface area contributed by atoms with Crippen LogP contribution in [-0.2, 0) is 0 Å². The van der Waals surface area contributed by atoms with Crippen LogP contribution in [-0.4, -0.2) is 32.7 Å².